The van der Waals surface area contributed by atoms with Crippen molar-refractivity contribution < 1.29 is 4.79 Å². The summed E-state index contributed by atoms with van der Waals surface area (Å²) in [5.74, 6) is 0. The molecule has 23 heavy (non-hydrogen) atoms. The van der Waals surface area contributed by atoms with Crippen LogP contribution < -0.4 is 10.6 Å². The number of rotatable bonds is 4. The summed E-state index contributed by atoms with van der Waals surface area (Å²) in [6, 6.07) is 14.8. The number of carbonyl (C=O) groups is 1. The molecule has 1 aliphatic rings. The molecule has 0 aliphatic carbocycles. The molecule has 1 heterocycles. The average Bonchev–Trinajstić information content (AvgIpc) is 3.02. The van der Waals surface area contributed by atoms with Crippen molar-refractivity contribution in [1.82, 2.24) is 4.90 Å². The molecule has 4 nitrogen and oxygen atoms in total. The molecule has 2 aromatic carbocycles. The van der Waals surface area contributed by atoms with Gasteiger partial charge < -0.3 is 10.6 Å². The number of halogens is 1. The Bertz CT molecular complexity index is 666. The number of hydrogen-bond acceptors (Lipinski definition) is 2. The largest absolute Gasteiger partial charge is 0.323 e. The van der Waals surface area contributed by atoms with Gasteiger partial charge in [-0.3, -0.25) is 4.90 Å². The summed E-state index contributed by atoms with van der Waals surface area (Å²) in [4.78, 5) is 14.4. The van der Waals surface area contributed by atoms with Crippen LogP contribution in [0.4, 0.5) is 16.2 Å². The highest BCUT2D eigenvalue weighted by Gasteiger charge is 2.11. The third-order valence-electron chi connectivity index (χ3n) is 3.90. The van der Waals surface area contributed by atoms with Gasteiger partial charge in [0.25, 0.3) is 0 Å². The van der Waals surface area contributed by atoms with Crippen molar-refractivity contribution in [2.45, 2.75) is 19.4 Å². The lowest BCUT2D eigenvalue weighted by Crippen LogP contribution is -2.20. The smallest absolute Gasteiger partial charge is 0.308 e. The molecule has 1 aliphatic heterocycles. The highest BCUT2D eigenvalue weighted by Crippen LogP contribution is 2.17. The first-order chi connectivity index (χ1) is 11.2. The van der Waals surface area contributed by atoms with E-state index in [9.17, 15) is 4.79 Å². The zero-order valence-corrected chi connectivity index (χ0v) is 13.6. The monoisotopic (exact) mass is 329 g/mol. The Labute approximate surface area is 141 Å². The van der Waals surface area contributed by atoms with Gasteiger partial charge in [0.15, 0.2) is 0 Å². The molecule has 1 saturated heterocycles. The molecular weight excluding hydrogens is 310 g/mol. The minimum absolute atomic E-state index is 0.278. The maximum atomic E-state index is 12.0. The van der Waals surface area contributed by atoms with Gasteiger partial charge in [-0.05, 0) is 61.8 Å². The second-order valence-electron chi connectivity index (χ2n) is 5.77. The molecule has 5 heteroatoms. The molecule has 120 valence electrons. The molecule has 0 spiro atoms. The van der Waals surface area contributed by atoms with Crippen molar-refractivity contribution in [2.24, 2.45) is 0 Å². The molecule has 3 rings (SSSR count). The number of amides is 2. The van der Waals surface area contributed by atoms with Crippen molar-refractivity contribution in [3.8, 4) is 0 Å². The quantitative estimate of drug-likeness (QED) is 0.862. The van der Waals surface area contributed by atoms with Gasteiger partial charge in [-0.1, -0.05) is 29.8 Å². The van der Waals surface area contributed by atoms with Crippen LogP contribution in [0.2, 0.25) is 5.02 Å². The Morgan fingerprint density at radius 3 is 2.39 bits per heavy atom. The fourth-order valence-corrected chi connectivity index (χ4v) is 2.94. The normalized spacial score (nSPS) is 14.7. The van der Waals surface area contributed by atoms with E-state index in [0.29, 0.717) is 10.7 Å². The molecule has 0 unspecified atom stereocenters. The number of carbonyl (C=O) groups excluding carboxylic acids is 1. The number of likely N-dealkylation sites (tertiary alicyclic amines) is 1. The van der Waals surface area contributed by atoms with Gasteiger partial charge in [0.1, 0.15) is 0 Å². The minimum Gasteiger partial charge on any atom is -0.308 e. The summed E-state index contributed by atoms with van der Waals surface area (Å²) in [7, 11) is 0. The predicted molar refractivity (Wildman–Crippen MR) is 95.0 cm³/mol. The van der Waals surface area contributed by atoms with Crippen LogP contribution in [0.1, 0.15) is 18.4 Å². The van der Waals surface area contributed by atoms with Crippen molar-refractivity contribution >= 4 is 29.0 Å². The van der Waals surface area contributed by atoms with E-state index in [1.54, 1.807) is 24.3 Å². The fraction of sp³-hybridized carbons (Fsp3) is 0.278. The molecule has 1 fully saturated rings. The Morgan fingerprint density at radius 1 is 1.00 bits per heavy atom. The molecular formula is C18H20ClN3O. The topological polar surface area (TPSA) is 44.4 Å². The highest BCUT2D eigenvalue weighted by atomic mass is 35.5. The van der Waals surface area contributed by atoms with Crippen LogP contribution >= 0.6 is 11.6 Å². The van der Waals surface area contributed by atoms with Crippen molar-refractivity contribution in [3.63, 3.8) is 0 Å². The molecule has 0 aromatic heterocycles. The van der Waals surface area contributed by atoms with Gasteiger partial charge in [-0.25, -0.2) is 4.79 Å². The van der Waals surface area contributed by atoms with Crippen LogP contribution in [-0.2, 0) is 6.54 Å². The molecule has 2 N–H and O–H groups in total. The first-order valence-electron chi connectivity index (χ1n) is 7.84. The number of benzene rings is 2. The van der Waals surface area contributed by atoms with Crippen molar-refractivity contribution in [3.05, 3.63) is 59.1 Å². The van der Waals surface area contributed by atoms with Crippen LogP contribution in [-0.4, -0.2) is 24.0 Å². The van der Waals surface area contributed by atoms with Gasteiger partial charge in [-0.2, -0.15) is 0 Å². The predicted octanol–water partition coefficient (Wildman–Crippen LogP) is 4.58. The van der Waals surface area contributed by atoms with E-state index < -0.39 is 0 Å². The van der Waals surface area contributed by atoms with E-state index in [1.165, 1.54) is 31.5 Å². The Morgan fingerprint density at radius 2 is 1.70 bits per heavy atom. The Hall–Kier alpha value is -2.04. The van der Waals surface area contributed by atoms with Crippen molar-refractivity contribution in [2.75, 3.05) is 23.7 Å². The van der Waals surface area contributed by atoms with Gasteiger partial charge in [0.05, 0.1) is 0 Å². The number of anilines is 2. The molecule has 0 radical (unpaired) electrons. The molecule has 0 saturated carbocycles. The Kier molecular flexibility index (Phi) is 5.16. The zero-order valence-electron chi connectivity index (χ0n) is 12.9. The van der Waals surface area contributed by atoms with E-state index in [4.69, 9.17) is 11.6 Å². The lowest BCUT2D eigenvalue weighted by atomic mass is 10.2. The highest BCUT2D eigenvalue weighted by molar-refractivity contribution is 6.30. The lowest BCUT2D eigenvalue weighted by Gasteiger charge is -2.15. The summed E-state index contributed by atoms with van der Waals surface area (Å²) in [5.41, 5.74) is 2.71. The summed E-state index contributed by atoms with van der Waals surface area (Å²) in [5, 5.41) is 6.18. The second-order valence-corrected chi connectivity index (χ2v) is 6.21. The van der Waals surface area contributed by atoms with Crippen LogP contribution in [0.5, 0.6) is 0 Å². The molecule has 0 atom stereocenters. The van der Waals surface area contributed by atoms with E-state index in [0.717, 1.165) is 12.2 Å². The number of urea groups is 1. The molecule has 2 aromatic rings. The van der Waals surface area contributed by atoms with E-state index in [1.807, 2.05) is 12.1 Å². The third kappa shape index (κ3) is 4.71. The summed E-state index contributed by atoms with van der Waals surface area (Å²) in [6.45, 7) is 3.35. The van der Waals surface area contributed by atoms with Gasteiger partial charge in [0, 0.05) is 22.9 Å². The summed E-state index contributed by atoms with van der Waals surface area (Å²) >= 11 is 5.90. The SMILES string of the molecule is O=C(Nc1ccc(CN2CCCC2)cc1)Nc1cccc(Cl)c1. The van der Waals surface area contributed by atoms with Crippen LogP contribution in [0.25, 0.3) is 0 Å². The van der Waals surface area contributed by atoms with Gasteiger partial charge in [-0.15, -0.1) is 0 Å². The number of nitrogens with zero attached hydrogens (tertiary/aromatic N) is 1. The zero-order chi connectivity index (χ0) is 16.1. The van der Waals surface area contributed by atoms with Gasteiger partial charge in [0.2, 0.25) is 0 Å². The third-order valence-corrected chi connectivity index (χ3v) is 4.13. The van der Waals surface area contributed by atoms with E-state index in [2.05, 4.69) is 27.7 Å². The van der Waals surface area contributed by atoms with Crippen LogP contribution in [0.3, 0.4) is 0 Å². The standard InChI is InChI=1S/C18H20ClN3O/c19-15-4-3-5-17(12-15)21-18(23)20-16-8-6-14(7-9-16)13-22-10-1-2-11-22/h3-9,12H,1-2,10-11,13H2,(H2,20,21,23). The maximum Gasteiger partial charge on any atom is 0.323 e. The lowest BCUT2D eigenvalue weighted by molar-refractivity contribution is 0.262. The summed E-state index contributed by atoms with van der Waals surface area (Å²) < 4.78 is 0. The van der Waals surface area contributed by atoms with Crippen LogP contribution in [0, 0.1) is 0 Å². The van der Waals surface area contributed by atoms with E-state index >= 15 is 0 Å². The van der Waals surface area contributed by atoms with Crippen LogP contribution in [0.15, 0.2) is 48.5 Å². The average molecular weight is 330 g/mol. The minimum atomic E-state index is -0.278. The van der Waals surface area contributed by atoms with E-state index in [-0.39, 0.29) is 6.03 Å². The molecule has 0 bridgehead atoms. The first kappa shape index (κ1) is 15.8. The maximum absolute atomic E-state index is 12.0. The summed E-state index contributed by atoms with van der Waals surface area (Å²) in [6.07, 6.45) is 2.59. The fourth-order valence-electron chi connectivity index (χ4n) is 2.75. The van der Waals surface area contributed by atoms with Crippen molar-refractivity contribution in [1.29, 1.82) is 0 Å². The first-order valence-corrected chi connectivity index (χ1v) is 8.22. The Balaban J connectivity index is 1.54. The number of nitrogens with one attached hydrogen (secondary N) is 2. The van der Waals surface area contributed by atoms with Gasteiger partial charge >= 0.3 is 6.03 Å². The molecule has 2 amide bonds. The second kappa shape index (κ2) is 7.49. The number of hydrogen-bond donors (Lipinski definition) is 2.